The number of pyridine rings is 4. The number of rotatable bonds is 17. The number of carbonyl (C=O) groups is 4. The summed E-state index contributed by atoms with van der Waals surface area (Å²) in [6, 6.07) is 19.9. The first kappa shape index (κ1) is 107. The number of amides is 4. The maximum absolute atomic E-state index is 15.0. The Labute approximate surface area is 792 Å². The van der Waals surface area contributed by atoms with Crippen LogP contribution in [0.5, 0.6) is 0 Å². The molecule has 0 bridgehead atoms. The van der Waals surface area contributed by atoms with E-state index in [1.165, 1.54) is 39.2 Å². The molecule has 4 fully saturated rings. The van der Waals surface area contributed by atoms with Gasteiger partial charge in [-0.1, -0.05) is 53.0 Å². The van der Waals surface area contributed by atoms with Gasteiger partial charge in [0.15, 0.2) is 51.7 Å². The van der Waals surface area contributed by atoms with Gasteiger partial charge < -0.3 is 79.7 Å². The molecule has 4 aliphatic carbocycles. The third kappa shape index (κ3) is 31.1. The Balaban J connectivity index is 0.000000194. The summed E-state index contributed by atoms with van der Waals surface area (Å²) in [4.78, 5) is 67.1. The molecule has 16 N–H and O–H groups in total. The number of aromatic nitrogens is 13. The lowest BCUT2D eigenvalue weighted by atomic mass is 9.87. The number of anilines is 8. The molecule has 0 unspecified atom stereocenters. The molecule has 7 heterocycles. The van der Waals surface area contributed by atoms with Crippen molar-refractivity contribution in [1.82, 2.24) is 80.9 Å². The lowest BCUT2D eigenvalue weighted by Crippen LogP contribution is -2.59. The molecule has 10 aromatic rings. The predicted octanol–water partition coefficient (Wildman–Crippen LogP) is 17.0. The number of benzene rings is 3. The fourth-order valence-corrected chi connectivity index (χ4v) is 14.4. The Kier molecular flexibility index (Phi) is 36.0. The van der Waals surface area contributed by atoms with Crippen LogP contribution in [0.4, 0.5) is 113 Å². The van der Waals surface area contributed by atoms with Crippen molar-refractivity contribution >= 4 is 105 Å². The van der Waals surface area contributed by atoms with E-state index in [4.69, 9.17) is 82.5 Å². The van der Waals surface area contributed by atoms with Crippen LogP contribution in [-0.4, -0.2) is 178 Å². The van der Waals surface area contributed by atoms with Crippen molar-refractivity contribution in [3.8, 4) is 35.3 Å². The minimum absolute atomic E-state index is 0.0198. The van der Waals surface area contributed by atoms with E-state index in [0.29, 0.717) is 47.7 Å². The summed E-state index contributed by atoms with van der Waals surface area (Å²) in [5.74, 6) is -18.8. The number of nitrogens with one attached hydrogen (secondary N) is 8. The molecule has 4 amide bonds. The van der Waals surface area contributed by atoms with Gasteiger partial charge in [0, 0.05) is 48.8 Å². The van der Waals surface area contributed by atoms with E-state index >= 15 is 8.78 Å². The number of alkyl carbamates (subject to hydrolysis) is 3. The molecule has 14 rings (SSSR count). The zero-order valence-electron chi connectivity index (χ0n) is 74.8. The van der Waals surface area contributed by atoms with E-state index in [9.17, 15) is 68.3 Å². The zero-order valence-corrected chi connectivity index (χ0v) is 77.1. The van der Waals surface area contributed by atoms with Gasteiger partial charge in [-0.25, -0.2) is 87.0 Å². The number of carbonyl (C=O) groups excluding carboxylic acids is 4. The molecule has 3 aromatic carbocycles. The number of hydrogen-bond donors (Lipinski definition) is 12. The number of nitriles is 3. The average Bonchev–Trinajstić information content (AvgIpc) is 1.43. The SMILES string of the molecule is CC(C)(C)OC(=O)N[C@H]1CCCC(F)(F)[C@H]1N.CC(C)(C)OC(=O)N[C@H]1CCCC(F)(F)[C@H]1Nc1nc(Cl)c(C#N)cc1F.CC(C)(C)OC(=O)N[C@H]1CCCC(F)(F)[C@H]1Nc1nc(Nc2cccc(-n3nccn3)c2)c(C#N)cc1F.N#Cc1cc(F)c(Cl)nc1Cl.NC(=O)c1cc(F)c(N[C@H]2[C@@H](N)CCCC2(F)F)nc1Nc1cccc(-n2nccn2)c1.Nc1cccc(-n2nccn2)c1. The van der Waals surface area contributed by atoms with Crippen molar-refractivity contribution in [2.24, 2.45) is 17.2 Å². The predicted molar refractivity (Wildman–Crippen MR) is 482 cm³/mol. The molecule has 0 aliphatic heterocycles. The summed E-state index contributed by atoms with van der Waals surface area (Å²) >= 11 is 16.4. The Morgan fingerprint density at radius 1 is 0.423 bits per heavy atom. The van der Waals surface area contributed by atoms with Crippen LogP contribution in [0.25, 0.3) is 17.1 Å². The highest BCUT2D eigenvalue weighted by Gasteiger charge is 2.52. The third-order valence-electron chi connectivity index (χ3n) is 20.1. The number of nitrogens with zero attached hydrogens (tertiary/aromatic N) is 16. The first-order valence-electron chi connectivity index (χ1n) is 42.0. The van der Waals surface area contributed by atoms with Crippen molar-refractivity contribution in [3.05, 3.63) is 195 Å². The van der Waals surface area contributed by atoms with Gasteiger partial charge in [-0.05, 0) is 193 Å². The fraction of sp³-hybridized carbons (Fsp3) is 0.414. The molecule has 0 radical (unpaired) electrons. The summed E-state index contributed by atoms with van der Waals surface area (Å²) in [6.45, 7) is 15.0. The summed E-state index contributed by atoms with van der Waals surface area (Å²) in [7, 11) is 0. The van der Waals surface area contributed by atoms with Gasteiger partial charge in [0.25, 0.3) is 29.6 Å². The number of nitrogens with two attached hydrogens (primary N) is 4. The van der Waals surface area contributed by atoms with E-state index in [-0.39, 0.29) is 94.3 Å². The van der Waals surface area contributed by atoms with Crippen LogP contribution in [0.1, 0.15) is 166 Å². The minimum atomic E-state index is -3.28. The van der Waals surface area contributed by atoms with Crippen LogP contribution >= 0.6 is 34.8 Å². The maximum atomic E-state index is 15.0. The number of ether oxygens (including phenoxy) is 3. The Bertz CT molecular complexity index is 5940. The molecule has 35 nitrogen and oxygen atoms in total. The molecule has 137 heavy (non-hydrogen) atoms. The van der Waals surface area contributed by atoms with Crippen molar-refractivity contribution in [3.63, 3.8) is 0 Å². The average molecular weight is 1980 g/mol. The second-order valence-corrected chi connectivity index (χ2v) is 35.3. The van der Waals surface area contributed by atoms with E-state index < -0.39 is 167 Å². The van der Waals surface area contributed by atoms with Crippen molar-refractivity contribution < 1.29 is 86.1 Å². The molecule has 0 saturated heterocycles. The number of primary amides is 1. The van der Waals surface area contributed by atoms with Gasteiger partial charge in [-0.3, -0.25) is 4.79 Å². The summed E-state index contributed by atoms with van der Waals surface area (Å²) in [5.41, 5.74) is 23.2. The number of halogens is 15. The van der Waals surface area contributed by atoms with Crippen LogP contribution < -0.4 is 65.5 Å². The quantitative estimate of drug-likeness (QED) is 0.0174. The normalized spacial score (nSPS) is 19.4. The highest BCUT2D eigenvalue weighted by Crippen LogP contribution is 2.41. The van der Waals surface area contributed by atoms with Crippen molar-refractivity contribution in [2.45, 2.75) is 228 Å². The fourth-order valence-electron chi connectivity index (χ4n) is 13.9. The topological polar surface area (TPSA) is 511 Å². The molecule has 4 aliphatic rings. The molecule has 0 spiro atoms. The minimum Gasteiger partial charge on any atom is -0.444 e. The van der Waals surface area contributed by atoms with Crippen LogP contribution in [0, 0.1) is 57.3 Å². The van der Waals surface area contributed by atoms with E-state index in [2.05, 4.69) is 93.1 Å². The third-order valence-corrected chi connectivity index (χ3v) is 20.9. The monoisotopic (exact) mass is 1980 g/mol. The molecular formula is C87H97Cl3F12N28O7. The second-order valence-electron chi connectivity index (χ2n) is 34.2. The first-order chi connectivity index (χ1) is 64.2. The molecule has 50 heteroatoms. The second kappa shape index (κ2) is 46.1. The molecule has 8 atom stereocenters. The number of nitrogen functional groups attached to an aromatic ring is 1. The van der Waals surface area contributed by atoms with Gasteiger partial charge in [0.1, 0.15) is 69.3 Å². The van der Waals surface area contributed by atoms with Crippen LogP contribution in [0.15, 0.2) is 134 Å². The van der Waals surface area contributed by atoms with Crippen molar-refractivity contribution in [2.75, 3.05) is 32.3 Å². The lowest BCUT2D eigenvalue weighted by molar-refractivity contribution is -0.0631. The Morgan fingerprint density at radius 2 is 0.766 bits per heavy atom. The molecular weight excluding hydrogens is 1880 g/mol. The summed E-state index contributed by atoms with van der Waals surface area (Å²) < 4.78 is 186. The van der Waals surface area contributed by atoms with Crippen LogP contribution in [0.3, 0.4) is 0 Å². The van der Waals surface area contributed by atoms with Gasteiger partial charge in [-0.15, -0.1) is 0 Å². The maximum Gasteiger partial charge on any atom is 0.407 e. The lowest BCUT2D eigenvalue weighted by Gasteiger charge is -2.39. The standard InChI is InChI=1S/C25H27F3N8O2.C20H21F3N8O.C17H20ClF3N4O2.C11H20F2N2O2.C8H8N4.C6HCl2FN2/c1-24(2,3)38-23(37)33-19-8-5-9-25(27,28)20(19)34-22-18(26)12-15(14-29)21(35-22)32-16-6-4-7-17(13-16)36-30-10-11-31-36;21-14-10-13(17(25)32)18(28-11-3-1-4-12(9-11)31-26-7-8-27-31)30-19(14)29-16-15(24)5-2-6-20(16,22)23;1-16(2,3)27-15(26)23-11-5-4-6-17(20,21)12(11)24-14-10(19)7-9(8-22)13(18)25-14;1-10(2,3)17-9(16)15-7-5-4-6-11(12,13)8(7)14;9-7-2-1-3-8(6-7)12-10-4-5-11-12;7-5-3(2-10)1-4(9)6(8)11-5/h4,6-7,10-13,19-20H,5,8-9H2,1-3H3,(H,33,37)(H2,32,34,35);1,3-4,7-10,15-16H,2,5-6,24H2,(H2,25,32)(H2,28,29,30);7,11-12H,4-6H2,1-3H3,(H,23,26)(H,24,25);7-8H,4-6,14H2,1-3H3,(H,15,16);1-6H,9H2;1H/t19-,20-;15-,16-;11-,12-;7-,8-;;/m0000../s1. The van der Waals surface area contributed by atoms with Gasteiger partial charge >= 0.3 is 18.3 Å². The van der Waals surface area contributed by atoms with Gasteiger partial charge in [0.2, 0.25) is 0 Å². The Hall–Kier alpha value is -13.8. The largest absolute Gasteiger partial charge is 0.444 e. The number of alkyl halides is 8. The van der Waals surface area contributed by atoms with Gasteiger partial charge in [0.05, 0.1) is 101 Å². The summed E-state index contributed by atoms with van der Waals surface area (Å²) in [6.07, 6.45) is 7.70. The van der Waals surface area contributed by atoms with E-state index in [1.54, 1.807) is 135 Å². The zero-order chi connectivity index (χ0) is 101. The highest BCUT2D eigenvalue weighted by atomic mass is 35.5. The van der Waals surface area contributed by atoms with E-state index in [0.717, 1.165) is 30.0 Å². The summed E-state index contributed by atoms with van der Waals surface area (Å²) in [5, 5.41) is 70.6. The Morgan fingerprint density at radius 3 is 1.18 bits per heavy atom. The van der Waals surface area contributed by atoms with Crippen LogP contribution in [-0.2, 0) is 14.2 Å². The first-order valence-corrected chi connectivity index (χ1v) is 43.2. The van der Waals surface area contributed by atoms with Gasteiger partial charge in [-0.2, -0.15) is 60.8 Å². The van der Waals surface area contributed by atoms with Crippen molar-refractivity contribution in [1.29, 1.82) is 15.8 Å². The molecule has 7 aromatic heterocycles. The number of hydrogen-bond acceptors (Lipinski definition) is 28. The van der Waals surface area contributed by atoms with Crippen LogP contribution in [0.2, 0.25) is 15.5 Å². The van der Waals surface area contributed by atoms with E-state index in [1.807, 2.05) is 30.3 Å². The molecule has 4 saturated carbocycles. The molecule has 732 valence electrons. The smallest absolute Gasteiger partial charge is 0.407 e. The highest BCUT2D eigenvalue weighted by molar-refractivity contribution is 6.33.